The van der Waals surface area contributed by atoms with Crippen LogP contribution in [0.5, 0.6) is 0 Å². The summed E-state index contributed by atoms with van der Waals surface area (Å²) in [6.45, 7) is 5.31. The summed E-state index contributed by atoms with van der Waals surface area (Å²) in [7, 11) is 0. The molecule has 0 saturated carbocycles. The van der Waals surface area contributed by atoms with Crippen molar-refractivity contribution < 1.29 is 4.79 Å². The van der Waals surface area contributed by atoms with E-state index in [0.717, 1.165) is 13.0 Å². The van der Waals surface area contributed by atoms with Gasteiger partial charge in [-0.15, -0.1) is 0 Å². The smallest absolute Gasteiger partial charge is 0.225 e. The molecule has 1 aliphatic rings. The first-order valence-corrected chi connectivity index (χ1v) is 7.52. The Labute approximate surface area is 121 Å². The second-order valence-electron chi connectivity index (χ2n) is 5.61. The molecule has 4 nitrogen and oxygen atoms in total. The molecule has 0 radical (unpaired) electrons. The lowest BCUT2D eigenvalue weighted by atomic mass is 10.1. The number of carbonyl (C=O) groups excluding carboxylic acids is 1. The molecule has 0 bridgehead atoms. The number of nitrogens with two attached hydrogens (primary N) is 1. The van der Waals surface area contributed by atoms with Crippen molar-refractivity contribution in [2.45, 2.75) is 51.6 Å². The lowest BCUT2D eigenvalue weighted by Gasteiger charge is -2.27. The van der Waals surface area contributed by atoms with Crippen molar-refractivity contribution in [1.29, 1.82) is 0 Å². The summed E-state index contributed by atoms with van der Waals surface area (Å²) in [6, 6.07) is 8.60. The zero-order chi connectivity index (χ0) is 14.5. The number of para-hydroxylation sites is 2. The molecule has 1 amide bonds. The van der Waals surface area contributed by atoms with Gasteiger partial charge in [-0.1, -0.05) is 19.1 Å². The van der Waals surface area contributed by atoms with E-state index in [0.29, 0.717) is 29.9 Å². The second-order valence-corrected chi connectivity index (χ2v) is 5.61. The molecule has 3 N–H and O–H groups in total. The maximum Gasteiger partial charge on any atom is 0.225 e. The van der Waals surface area contributed by atoms with Gasteiger partial charge in [0, 0.05) is 25.0 Å². The number of hydrogen-bond acceptors (Lipinski definition) is 3. The van der Waals surface area contributed by atoms with Crippen molar-refractivity contribution in [2.24, 2.45) is 0 Å². The van der Waals surface area contributed by atoms with Gasteiger partial charge in [0.05, 0.1) is 11.4 Å². The maximum atomic E-state index is 12.0. The molecule has 2 unspecified atom stereocenters. The molecule has 1 aromatic rings. The zero-order valence-corrected chi connectivity index (χ0v) is 12.4. The summed E-state index contributed by atoms with van der Waals surface area (Å²) in [4.78, 5) is 14.5. The van der Waals surface area contributed by atoms with Crippen LogP contribution in [0.25, 0.3) is 0 Å². The molecule has 0 spiro atoms. The molecule has 0 aromatic heterocycles. The fraction of sp³-hybridized carbons (Fsp3) is 0.562. The molecule has 2 rings (SSSR count). The number of hydrogen-bond donors (Lipinski definition) is 2. The van der Waals surface area contributed by atoms with Crippen LogP contribution in [-0.4, -0.2) is 29.4 Å². The van der Waals surface area contributed by atoms with Crippen molar-refractivity contribution in [3.63, 3.8) is 0 Å². The Balaban J connectivity index is 1.85. The first-order valence-electron chi connectivity index (χ1n) is 7.52. The van der Waals surface area contributed by atoms with Crippen LogP contribution in [0, 0.1) is 0 Å². The molecule has 1 saturated heterocycles. The summed E-state index contributed by atoms with van der Waals surface area (Å²) in [5.74, 6) is 0.0388. The Morgan fingerprint density at radius 3 is 2.85 bits per heavy atom. The van der Waals surface area contributed by atoms with E-state index in [-0.39, 0.29) is 5.91 Å². The third-order valence-corrected chi connectivity index (χ3v) is 4.26. The number of benzene rings is 1. The average Bonchev–Trinajstić information content (AvgIpc) is 2.79. The van der Waals surface area contributed by atoms with E-state index in [1.165, 1.54) is 12.8 Å². The fourth-order valence-electron chi connectivity index (χ4n) is 3.02. The normalized spacial score (nSPS) is 22.9. The lowest BCUT2D eigenvalue weighted by Crippen LogP contribution is -2.36. The number of rotatable bonds is 5. The molecular weight excluding hydrogens is 250 g/mol. The highest BCUT2D eigenvalue weighted by atomic mass is 16.1. The van der Waals surface area contributed by atoms with Crippen LogP contribution in [-0.2, 0) is 4.79 Å². The van der Waals surface area contributed by atoms with Crippen molar-refractivity contribution in [2.75, 3.05) is 17.6 Å². The SMILES string of the molecule is CCC1CCC(C)N1CCC(=O)Nc1ccccc1N. The highest BCUT2D eigenvalue weighted by Crippen LogP contribution is 2.26. The van der Waals surface area contributed by atoms with Crippen LogP contribution in [0.3, 0.4) is 0 Å². The quantitative estimate of drug-likeness (QED) is 0.812. The first-order chi connectivity index (χ1) is 9.61. The number of amides is 1. The van der Waals surface area contributed by atoms with Crippen molar-refractivity contribution in [3.8, 4) is 0 Å². The van der Waals surface area contributed by atoms with Gasteiger partial charge in [-0.25, -0.2) is 0 Å². The zero-order valence-electron chi connectivity index (χ0n) is 12.4. The van der Waals surface area contributed by atoms with Gasteiger partial charge in [0.25, 0.3) is 0 Å². The van der Waals surface area contributed by atoms with Gasteiger partial charge in [-0.3, -0.25) is 9.69 Å². The van der Waals surface area contributed by atoms with E-state index in [1.54, 1.807) is 6.07 Å². The van der Waals surface area contributed by atoms with Crippen molar-refractivity contribution >= 4 is 17.3 Å². The number of likely N-dealkylation sites (tertiary alicyclic amines) is 1. The van der Waals surface area contributed by atoms with Gasteiger partial charge in [0.1, 0.15) is 0 Å². The van der Waals surface area contributed by atoms with E-state index in [4.69, 9.17) is 5.73 Å². The molecule has 110 valence electrons. The van der Waals surface area contributed by atoms with Gasteiger partial charge >= 0.3 is 0 Å². The van der Waals surface area contributed by atoms with E-state index < -0.39 is 0 Å². The first kappa shape index (κ1) is 14.9. The predicted molar refractivity (Wildman–Crippen MR) is 83.6 cm³/mol. The number of carbonyl (C=O) groups is 1. The molecule has 1 aromatic carbocycles. The number of anilines is 2. The summed E-state index contributed by atoms with van der Waals surface area (Å²) < 4.78 is 0. The van der Waals surface area contributed by atoms with Crippen LogP contribution in [0.1, 0.15) is 39.5 Å². The number of nitrogen functional groups attached to an aromatic ring is 1. The van der Waals surface area contributed by atoms with Gasteiger partial charge in [-0.05, 0) is 38.3 Å². The number of nitrogens with one attached hydrogen (secondary N) is 1. The highest BCUT2D eigenvalue weighted by Gasteiger charge is 2.29. The third-order valence-electron chi connectivity index (χ3n) is 4.26. The summed E-state index contributed by atoms with van der Waals surface area (Å²) in [5.41, 5.74) is 7.15. The average molecular weight is 275 g/mol. The third kappa shape index (κ3) is 3.51. The molecule has 20 heavy (non-hydrogen) atoms. The van der Waals surface area contributed by atoms with E-state index in [9.17, 15) is 4.79 Å². The van der Waals surface area contributed by atoms with Crippen LogP contribution >= 0.6 is 0 Å². The van der Waals surface area contributed by atoms with Crippen LogP contribution < -0.4 is 11.1 Å². The molecule has 4 heteroatoms. The molecule has 1 aliphatic heterocycles. The second kappa shape index (κ2) is 6.75. The van der Waals surface area contributed by atoms with Crippen molar-refractivity contribution in [3.05, 3.63) is 24.3 Å². The fourth-order valence-corrected chi connectivity index (χ4v) is 3.02. The Morgan fingerprint density at radius 1 is 1.40 bits per heavy atom. The summed E-state index contributed by atoms with van der Waals surface area (Å²) in [6.07, 6.45) is 4.18. The van der Waals surface area contributed by atoms with Gasteiger partial charge in [-0.2, -0.15) is 0 Å². The van der Waals surface area contributed by atoms with Crippen LogP contribution in [0.2, 0.25) is 0 Å². The monoisotopic (exact) mass is 275 g/mol. The molecule has 0 aliphatic carbocycles. The predicted octanol–water partition coefficient (Wildman–Crippen LogP) is 2.86. The van der Waals surface area contributed by atoms with Gasteiger partial charge in [0.15, 0.2) is 0 Å². The molecular formula is C16H25N3O. The van der Waals surface area contributed by atoms with Crippen LogP contribution in [0.15, 0.2) is 24.3 Å². The van der Waals surface area contributed by atoms with Crippen LogP contribution in [0.4, 0.5) is 11.4 Å². The van der Waals surface area contributed by atoms with Gasteiger partial charge in [0.2, 0.25) is 5.91 Å². The molecule has 1 heterocycles. The van der Waals surface area contributed by atoms with Gasteiger partial charge < -0.3 is 11.1 Å². The summed E-state index contributed by atoms with van der Waals surface area (Å²) >= 11 is 0. The Bertz CT molecular complexity index is 461. The maximum absolute atomic E-state index is 12.0. The van der Waals surface area contributed by atoms with E-state index in [1.807, 2.05) is 18.2 Å². The highest BCUT2D eigenvalue weighted by molar-refractivity contribution is 5.93. The summed E-state index contributed by atoms with van der Waals surface area (Å²) in [5, 5.41) is 2.89. The lowest BCUT2D eigenvalue weighted by molar-refractivity contribution is -0.116. The Hall–Kier alpha value is -1.55. The Morgan fingerprint density at radius 2 is 2.15 bits per heavy atom. The number of nitrogens with zero attached hydrogens (tertiary/aromatic N) is 1. The standard InChI is InChI=1S/C16H25N3O/c1-3-13-9-8-12(2)19(13)11-10-16(20)18-15-7-5-4-6-14(15)17/h4-7,12-13H,3,8-11,17H2,1-2H3,(H,18,20). The minimum Gasteiger partial charge on any atom is -0.397 e. The topological polar surface area (TPSA) is 58.4 Å². The van der Waals surface area contributed by atoms with E-state index in [2.05, 4.69) is 24.1 Å². The molecule has 2 atom stereocenters. The minimum absolute atomic E-state index is 0.0388. The molecule has 1 fully saturated rings. The minimum atomic E-state index is 0.0388. The Kier molecular flexibility index (Phi) is 5.01. The van der Waals surface area contributed by atoms with Crippen molar-refractivity contribution in [1.82, 2.24) is 4.90 Å². The van der Waals surface area contributed by atoms with E-state index >= 15 is 0 Å². The largest absolute Gasteiger partial charge is 0.397 e.